The van der Waals surface area contributed by atoms with Crippen molar-refractivity contribution < 1.29 is 23.6 Å². The molecular formula is C21H26FN2O3+. The van der Waals surface area contributed by atoms with Crippen LogP contribution < -0.4 is 19.7 Å². The summed E-state index contributed by atoms with van der Waals surface area (Å²) in [5.41, 5.74) is 3.28. The van der Waals surface area contributed by atoms with Crippen LogP contribution in [0.25, 0.3) is 0 Å². The first-order valence-corrected chi connectivity index (χ1v) is 9.10. The Balaban J connectivity index is 1.94. The van der Waals surface area contributed by atoms with Crippen molar-refractivity contribution in [2.24, 2.45) is 0 Å². The molecule has 0 spiro atoms. The largest absolute Gasteiger partial charge is 0.493 e. The normalized spacial score (nSPS) is 18.5. The number of quaternary nitrogens is 1. The fraction of sp³-hybridized carbons (Fsp3) is 0.381. The van der Waals surface area contributed by atoms with Gasteiger partial charge in [0.1, 0.15) is 18.4 Å². The van der Waals surface area contributed by atoms with Gasteiger partial charge < -0.3 is 19.7 Å². The average molecular weight is 373 g/mol. The number of ether oxygens (including phenoxy) is 2. The quantitative estimate of drug-likeness (QED) is 0.810. The summed E-state index contributed by atoms with van der Waals surface area (Å²) < 4.78 is 24.5. The predicted molar refractivity (Wildman–Crippen MR) is 101 cm³/mol. The summed E-state index contributed by atoms with van der Waals surface area (Å²) in [7, 11) is 3.25. The van der Waals surface area contributed by atoms with Crippen molar-refractivity contribution in [3.63, 3.8) is 0 Å². The highest BCUT2D eigenvalue weighted by atomic mass is 19.1. The van der Waals surface area contributed by atoms with Gasteiger partial charge in [-0.05, 0) is 29.8 Å². The molecule has 1 heterocycles. The summed E-state index contributed by atoms with van der Waals surface area (Å²) in [6, 6.07) is 10.8. The molecule has 1 aliphatic heterocycles. The summed E-state index contributed by atoms with van der Waals surface area (Å²) in [4.78, 5) is 12.8. The van der Waals surface area contributed by atoms with Gasteiger partial charge in [-0.3, -0.25) is 4.79 Å². The van der Waals surface area contributed by atoms with E-state index in [9.17, 15) is 9.18 Å². The number of carbonyl (C=O) groups excluding carboxylic acids is 1. The molecule has 1 unspecified atom stereocenters. The maximum absolute atomic E-state index is 13.6. The molecule has 2 aromatic carbocycles. The zero-order chi connectivity index (χ0) is 19.4. The third kappa shape index (κ3) is 4.39. The molecule has 5 nitrogen and oxygen atoms in total. The first-order chi connectivity index (χ1) is 13.0. The van der Waals surface area contributed by atoms with Gasteiger partial charge in [0.05, 0.1) is 27.3 Å². The average Bonchev–Trinajstić information content (AvgIpc) is 2.65. The van der Waals surface area contributed by atoms with Crippen molar-refractivity contribution >= 4 is 5.91 Å². The van der Waals surface area contributed by atoms with E-state index in [2.05, 4.69) is 5.32 Å². The molecule has 2 atom stereocenters. The molecule has 1 amide bonds. The first-order valence-electron chi connectivity index (χ1n) is 9.10. The molecule has 2 N–H and O–H groups in total. The summed E-state index contributed by atoms with van der Waals surface area (Å²) in [6.45, 7) is 3.62. The van der Waals surface area contributed by atoms with Crippen LogP contribution in [0.1, 0.15) is 29.7 Å². The van der Waals surface area contributed by atoms with Gasteiger partial charge in [0.25, 0.3) is 0 Å². The second kappa shape index (κ2) is 8.39. The first kappa shape index (κ1) is 19.2. The highest BCUT2D eigenvalue weighted by Gasteiger charge is 2.32. The molecule has 0 radical (unpaired) electrons. The lowest BCUT2D eigenvalue weighted by molar-refractivity contribution is -0.945. The molecule has 3 rings (SSSR count). The maximum Gasteiger partial charge on any atom is 0.217 e. The van der Waals surface area contributed by atoms with E-state index in [-0.39, 0.29) is 17.8 Å². The Morgan fingerprint density at radius 1 is 1.22 bits per heavy atom. The molecule has 0 saturated heterocycles. The van der Waals surface area contributed by atoms with Gasteiger partial charge >= 0.3 is 0 Å². The molecule has 0 bridgehead atoms. The SMILES string of the molecule is COc1cc2c(cc1OC)[C@@H](CNC(C)=O)[NH+](Cc1cccc(F)c1)CC2. The van der Waals surface area contributed by atoms with E-state index in [1.165, 1.54) is 23.5 Å². The number of rotatable bonds is 6. The van der Waals surface area contributed by atoms with Gasteiger partial charge in [-0.15, -0.1) is 0 Å². The number of fused-ring (bicyclic) bond motifs is 1. The van der Waals surface area contributed by atoms with Crippen LogP contribution in [0.2, 0.25) is 0 Å². The van der Waals surface area contributed by atoms with E-state index in [0.29, 0.717) is 24.6 Å². The van der Waals surface area contributed by atoms with Crippen LogP contribution >= 0.6 is 0 Å². The minimum Gasteiger partial charge on any atom is -0.493 e. The molecule has 0 fully saturated rings. The van der Waals surface area contributed by atoms with Crippen molar-refractivity contribution in [3.05, 3.63) is 58.9 Å². The van der Waals surface area contributed by atoms with Crippen LogP contribution in [0.3, 0.4) is 0 Å². The number of hydrogen-bond acceptors (Lipinski definition) is 3. The fourth-order valence-electron chi connectivity index (χ4n) is 3.79. The van der Waals surface area contributed by atoms with Gasteiger partial charge in [0.15, 0.2) is 11.5 Å². The minimum atomic E-state index is -0.228. The van der Waals surface area contributed by atoms with E-state index >= 15 is 0 Å². The number of amides is 1. The number of carbonyl (C=O) groups is 1. The molecule has 144 valence electrons. The second-order valence-electron chi connectivity index (χ2n) is 6.86. The Labute approximate surface area is 159 Å². The van der Waals surface area contributed by atoms with Crippen molar-refractivity contribution in [1.29, 1.82) is 0 Å². The predicted octanol–water partition coefficient (Wildman–Crippen LogP) is 1.66. The van der Waals surface area contributed by atoms with Crippen LogP contribution in [-0.4, -0.2) is 33.2 Å². The van der Waals surface area contributed by atoms with Gasteiger partial charge in [-0.1, -0.05) is 12.1 Å². The number of methoxy groups -OCH3 is 2. The highest BCUT2D eigenvalue weighted by molar-refractivity contribution is 5.72. The Hall–Kier alpha value is -2.60. The second-order valence-corrected chi connectivity index (χ2v) is 6.86. The molecule has 1 aliphatic rings. The van der Waals surface area contributed by atoms with E-state index in [1.807, 2.05) is 18.2 Å². The lowest BCUT2D eigenvalue weighted by Gasteiger charge is -2.35. The minimum absolute atomic E-state index is 0.0562. The van der Waals surface area contributed by atoms with E-state index < -0.39 is 0 Å². The number of nitrogens with one attached hydrogen (secondary N) is 2. The van der Waals surface area contributed by atoms with Crippen molar-refractivity contribution in [3.8, 4) is 11.5 Å². The fourth-order valence-corrected chi connectivity index (χ4v) is 3.79. The third-order valence-corrected chi connectivity index (χ3v) is 5.10. The summed E-state index contributed by atoms with van der Waals surface area (Å²) in [6.07, 6.45) is 0.886. The highest BCUT2D eigenvalue weighted by Crippen LogP contribution is 2.34. The lowest BCUT2D eigenvalue weighted by Crippen LogP contribution is -3.12. The molecular weight excluding hydrogens is 347 g/mol. The maximum atomic E-state index is 13.6. The molecule has 0 aromatic heterocycles. The van der Waals surface area contributed by atoms with Gasteiger partial charge in [0, 0.05) is 24.5 Å². The van der Waals surface area contributed by atoms with Crippen LogP contribution in [0, 0.1) is 5.82 Å². The smallest absolute Gasteiger partial charge is 0.217 e. The monoisotopic (exact) mass is 373 g/mol. The van der Waals surface area contributed by atoms with Gasteiger partial charge in [0.2, 0.25) is 5.91 Å². The Morgan fingerprint density at radius 2 is 1.96 bits per heavy atom. The van der Waals surface area contributed by atoms with Crippen LogP contribution in [0.4, 0.5) is 4.39 Å². The zero-order valence-corrected chi connectivity index (χ0v) is 16.0. The Morgan fingerprint density at radius 3 is 2.63 bits per heavy atom. The van der Waals surface area contributed by atoms with E-state index in [1.54, 1.807) is 26.4 Å². The standard InChI is InChI=1S/C21H25FN2O3/c1-14(25)23-12-19-18-11-21(27-3)20(26-2)10-16(18)7-8-24(19)13-15-5-4-6-17(22)9-15/h4-6,9-11,19H,7-8,12-13H2,1-3H3,(H,23,25)/p+1/t19-/m1/s1. The van der Waals surface area contributed by atoms with Crippen molar-refractivity contribution in [1.82, 2.24) is 5.32 Å². The molecule has 0 aliphatic carbocycles. The van der Waals surface area contributed by atoms with Crippen LogP contribution in [0.15, 0.2) is 36.4 Å². The zero-order valence-electron chi connectivity index (χ0n) is 16.0. The Kier molecular flexibility index (Phi) is 5.96. The van der Waals surface area contributed by atoms with E-state index in [4.69, 9.17) is 9.47 Å². The summed E-state index contributed by atoms with van der Waals surface area (Å²) in [5, 5.41) is 2.94. The molecule has 27 heavy (non-hydrogen) atoms. The lowest BCUT2D eigenvalue weighted by atomic mass is 9.91. The van der Waals surface area contributed by atoms with Crippen molar-refractivity contribution in [2.45, 2.75) is 25.9 Å². The Bertz CT molecular complexity index is 825. The molecule has 0 saturated carbocycles. The number of halogens is 1. The molecule has 2 aromatic rings. The third-order valence-electron chi connectivity index (χ3n) is 5.10. The molecule has 6 heteroatoms. The van der Waals surface area contributed by atoms with Crippen LogP contribution in [-0.2, 0) is 17.8 Å². The van der Waals surface area contributed by atoms with Crippen LogP contribution in [0.5, 0.6) is 11.5 Å². The number of benzene rings is 2. The summed E-state index contributed by atoms with van der Waals surface area (Å²) >= 11 is 0. The van der Waals surface area contributed by atoms with Gasteiger partial charge in [-0.2, -0.15) is 0 Å². The summed E-state index contributed by atoms with van der Waals surface area (Å²) in [5.74, 6) is 1.10. The topological polar surface area (TPSA) is 52.0 Å². The number of hydrogen-bond donors (Lipinski definition) is 2. The van der Waals surface area contributed by atoms with Crippen molar-refractivity contribution in [2.75, 3.05) is 27.3 Å². The van der Waals surface area contributed by atoms with Gasteiger partial charge in [-0.25, -0.2) is 4.39 Å². The van der Waals surface area contributed by atoms with E-state index in [0.717, 1.165) is 24.1 Å².